The molecule has 0 aliphatic carbocycles. The van der Waals surface area contributed by atoms with Gasteiger partial charge in [-0.1, -0.05) is 0 Å². The van der Waals surface area contributed by atoms with Crippen LogP contribution in [0.3, 0.4) is 0 Å². The van der Waals surface area contributed by atoms with Gasteiger partial charge in [0.25, 0.3) is 0 Å². The van der Waals surface area contributed by atoms with Gasteiger partial charge < -0.3 is 15.2 Å². The van der Waals surface area contributed by atoms with Crippen LogP contribution in [0.2, 0.25) is 0 Å². The number of carbonyl (C=O) groups excluding carboxylic acids is 1. The average Bonchev–Trinajstić information content (AvgIpc) is 2.75. The lowest BCUT2D eigenvalue weighted by Gasteiger charge is -2.35. The molecule has 8 nitrogen and oxygen atoms in total. The number of nitrogens with one attached hydrogen (secondary N) is 2. The maximum absolute atomic E-state index is 13.1. The molecule has 10 heteroatoms. The minimum Gasteiger partial charge on any atom is -0.394 e. The molecule has 1 aliphatic rings. The number of aliphatic hydroxyl groups is 1. The minimum atomic E-state index is -3.89. The van der Waals surface area contributed by atoms with E-state index < -0.39 is 40.7 Å². The van der Waals surface area contributed by atoms with Crippen LogP contribution in [0, 0.1) is 5.82 Å². The highest BCUT2D eigenvalue weighted by Crippen LogP contribution is 2.23. The summed E-state index contributed by atoms with van der Waals surface area (Å²) in [5.41, 5.74) is 1.07. The van der Waals surface area contributed by atoms with Gasteiger partial charge >= 0.3 is 0 Å². The molecule has 3 rings (SSSR count). The second-order valence-electron chi connectivity index (χ2n) is 7.40. The van der Waals surface area contributed by atoms with Crippen LogP contribution in [-0.2, 0) is 26.0 Å². The summed E-state index contributed by atoms with van der Waals surface area (Å²) in [5, 5.41) is 12.5. The van der Waals surface area contributed by atoms with Gasteiger partial charge in [-0.15, -0.1) is 0 Å². The van der Waals surface area contributed by atoms with Crippen molar-refractivity contribution in [2.75, 3.05) is 13.2 Å². The van der Waals surface area contributed by atoms with Gasteiger partial charge in [0, 0.05) is 18.9 Å². The van der Waals surface area contributed by atoms with E-state index in [9.17, 15) is 22.7 Å². The molecule has 1 aliphatic heterocycles. The van der Waals surface area contributed by atoms with Crippen LogP contribution >= 0.6 is 0 Å². The molecule has 168 valence electrons. The van der Waals surface area contributed by atoms with Crippen LogP contribution in [0.15, 0.2) is 53.7 Å². The van der Waals surface area contributed by atoms with Crippen LogP contribution in [0.5, 0.6) is 0 Å². The SMILES string of the molecule is O=C(C[C@@H]1CC[C@H](NS(=O)(=O)c2ccc(F)cc2)[C@H](CO)O1)NCCc1ccncc1. The number of carbonyl (C=O) groups is 1. The molecule has 1 fully saturated rings. The first-order valence-corrected chi connectivity index (χ1v) is 11.6. The summed E-state index contributed by atoms with van der Waals surface area (Å²) >= 11 is 0. The number of aromatic nitrogens is 1. The van der Waals surface area contributed by atoms with E-state index in [4.69, 9.17) is 4.74 Å². The summed E-state index contributed by atoms with van der Waals surface area (Å²) in [6.45, 7) is 0.0931. The molecular formula is C21H26FN3O5S. The first-order valence-electron chi connectivity index (χ1n) is 10.1. The Balaban J connectivity index is 1.48. The second kappa shape index (κ2) is 10.8. The fraction of sp³-hybridized carbons (Fsp3) is 0.429. The summed E-state index contributed by atoms with van der Waals surface area (Å²) in [7, 11) is -3.89. The lowest BCUT2D eigenvalue weighted by Crippen LogP contribution is -2.51. The van der Waals surface area contributed by atoms with E-state index in [2.05, 4.69) is 15.0 Å². The zero-order valence-electron chi connectivity index (χ0n) is 16.9. The van der Waals surface area contributed by atoms with E-state index in [1.165, 1.54) is 12.1 Å². The number of rotatable bonds is 9. The number of aliphatic hydroxyl groups excluding tert-OH is 1. The molecule has 1 aromatic heterocycles. The predicted molar refractivity (Wildman–Crippen MR) is 111 cm³/mol. The smallest absolute Gasteiger partial charge is 0.240 e. The Morgan fingerprint density at radius 2 is 1.87 bits per heavy atom. The van der Waals surface area contributed by atoms with Crippen LogP contribution in [0.25, 0.3) is 0 Å². The first-order chi connectivity index (χ1) is 14.9. The highest BCUT2D eigenvalue weighted by Gasteiger charge is 2.34. The average molecular weight is 452 g/mol. The van der Waals surface area contributed by atoms with Gasteiger partial charge in [0.2, 0.25) is 15.9 Å². The molecule has 0 saturated carbocycles. The third-order valence-electron chi connectivity index (χ3n) is 5.12. The highest BCUT2D eigenvalue weighted by molar-refractivity contribution is 7.89. The lowest BCUT2D eigenvalue weighted by atomic mass is 9.98. The molecule has 31 heavy (non-hydrogen) atoms. The van der Waals surface area contributed by atoms with E-state index in [-0.39, 0.29) is 17.2 Å². The number of hydrogen-bond donors (Lipinski definition) is 3. The number of halogens is 1. The van der Waals surface area contributed by atoms with Gasteiger partial charge in [-0.25, -0.2) is 17.5 Å². The van der Waals surface area contributed by atoms with Crippen molar-refractivity contribution < 1.29 is 27.4 Å². The van der Waals surface area contributed by atoms with Crippen LogP contribution in [-0.4, -0.2) is 55.8 Å². The molecule has 2 aromatic rings. The van der Waals surface area contributed by atoms with Gasteiger partial charge in [-0.05, 0) is 61.2 Å². The van der Waals surface area contributed by atoms with Crippen molar-refractivity contribution in [1.82, 2.24) is 15.0 Å². The van der Waals surface area contributed by atoms with E-state index in [0.29, 0.717) is 25.8 Å². The molecule has 3 N–H and O–H groups in total. The predicted octanol–water partition coefficient (Wildman–Crippen LogP) is 1.16. The standard InChI is InChI=1S/C21H26FN3O5S/c22-16-1-4-18(5-2-16)31(28,29)25-19-6-3-17(30-20(19)14-26)13-21(27)24-12-9-15-7-10-23-11-8-15/h1-2,4-5,7-8,10-11,17,19-20,25-26H,3,6,9,12-14H2,(H,24,27)/t17-,19-,20-/m0/s1. The number of nitrogens with zero attached hydrogens (tertiary/aromatic N) is 1. The molecule has 0 unspecified atom stereocenters. The molecule has 1 aromatic carbocycles. The first kappa shape index (κ1) is 23.3. The highest BCUT2D eigenvalue weighted by atomic mass is 32.2. The zero-order valence-corrected chi connectivity index (χ0v) is 17.7. The topological polar surface area (TPSA) is 118 Å². The van der Waals surface area contributed by atoms with Crippen molar-refractivity contribution in [3.63, 3.8) is 0 Å². The van der Waals surface area contributed by atoms with Gasteiger partial charge in [-0.2, -0.15) is 0 Å². The summed E-state index contributed by atoms with van der Waals surface area (Å²) in [4.78, 5) is 16.1. The van der Waals surface area contributed by atoms with Crippen molar-refractivity contribution in [2.24, 2.45) is 0 Å². The van der Waals surface area contributed by atoms with Crippen molar-refractivity contribution in [2.45, 2.75) is 48.8 Å². The van der Waals surface area contributed by atoms with Crippen LogP contribution in [0.4, 0.5) is 4.39 Å². The van der Waals surface area contributed by atoms with Gasteiger partial charge in [-0.3, -0.25) is 9.78 Å². The Hall–Kier alpha value is -2.40. The summed E-state index contributed by atoms with van der Waals surface area (Å²) in [6, 6.07) is 7.61. The van der Waals surface area contributed by atoms with Gasteiger partial charge in [0.1, 0.15) is 5.82 Å². The summed E-state index contributed by atoms with van der Waals surface area (Å²) in [6.07, 6.45) is 3.89. The molecular weight excluding hydrogens is 425 g/mol. The zero-order chi connectivity index (χ0) is 22.3. The Kier molecular flexibility index (Phi) is 8.08. The fourth-order valence-corrected chi connectivity index (χ4v) is 4.77. The Bertz CT molecular complexity index is 957. The molecule has 1 saturated heterocycles. The molecule has 0 spiro atoms. The quantitative estimate of drug-likeness (QED) is 0.527. The number of ether oxygens (including phenoxy) is 1. The number of pyridine rings is 1. The Morgan fingerprint density at radius 1 is 1.16 bits per heavy atom. The Labute approximate surface area is 180 Å². The molecule has 0 radical (unpaired) electrons. The van der Waals surface area contributed by atoms with E-state index in [0.717, 1.165) is 17.7 Å². The molecule has 1 amide bonds. The number of amides is 1. The maximum Gasteiger partial charge on any atom is 0.240 e. The molecule has 2 heterocycles. The molecule has 3 atom stereocenters. The van der Waals surface area contributed by atoms with Crippen molar-refractivity contribution in [1.29, 1.82) is 0 Å². The number of hydrogen-bond acceptors (Lipinski definition) is 6. The van der Waals surface area contributed by atoms with E-state index in [1.807, 2.05) is 12.1 Å². The number of sulfonamides is 1. The summed E-state index contributed by atoms with van der Waals surface area (Å²) < 4.78 is 46.4. The van der Waals surface area contributed by atoms with Crippen LogP contribution in [0.1, 0.15) is 24.8 Å². The second-order valence-corrected chi connectivity index (χ2v) is 9.11. The normalized spacial score (nSPS) is 21.5. The third kappa shape index (κ3) is 6.79. The van der Waals surface area contributed by atoms with E-state index in [1.54, 1.807) is 12.4 Å². The minimum absolute atomic E-state index is 0.0683. The van der Waals surface area contributed by atoms with Crippen molar-refractivity contribution in [3.05, 3.63) is 60.2 Å². The Morgan fingerprint density at radius 3 is 2.55 bits per heavy atom. The fourth-order valence-electron chi connectivity index (χ4n) is 3.47. The van der Waals surface area contributed by atoms with Crippen molar-refractivity contribution >= 4 is 15.9 Å². The van der Waals surface area contributed by atoms with E-state index >= 15 is 0 Å². The third-order valence-corrected chi connectivity index (χ3v) is 6.63. The van der Waals surface area contributed by atoms with Gasteiger partial charge in [0.05, 0.1) is 36.2 Å². The van der Waals surface area contributed by atoms with Crippen molar-refractivity contribution in [3.8, 4) is 0 Å². The monoisotopic (exact) mass is 451 g/mol. The van der Waals surface area contributed by atoms with Crippen LogP contribution < -0.4 is 10.0 Å². The lowest BCUT2D eigenvalue weighted by molar-refractivity contribution is -0.130. The largest absolute Gasteiger partial charge is 0.394 e. The maximum atomic E-state index is 13.1. The number of benzene rings is 1. The summed E-state index contributed by atoms with van der Waals surface area (Å²) in [5.74, 6) is -0.698. The molecule has 0 bridgehead atoms. The van der Waals surface area contributed by atoms with Gasteiger partial charge in [0.15, 0.2) is 0 Å².